The quantitative estimate of drug-likeness (QED) is 0.680. The third-order valence-corrected chi connectivity index (χ3v) is 9.08. The first kappa shape index (κ1) is 23.6. The van der Waals surface area contributed by atoms with Gasteiger partial charge in [0, 0.05) is 49.4 Å². The Kier molecular flexibility index (Phi) is 5.92. The molecule has 1 aromatic carbocycles. The molecule has 0 spiro atoms. The molecule has 3 fully saturated rings. The number of rotatable bonds is 6. The van der Waals surface area contributed by atoms with E-state index in [1.165, 1.54) is 18.6 Å². The van der Waals surface area contributed by atoms with Crippen LogP contribution in [0.15, 0.2) is 12.1 Å². The van der Waals surface area contributed by atoms with Gasteiger partial charge >= 0.3 is 0 Å². The fourth-order valence-corrected chi connectivity index (χ4v) is 7.19. The number of hydrogen-bond donors (Lipinski definition) is 1. The predicted molar refractivity (Wildman–Crippen MR) is 131 cm³/mol. The highest BCUT2D eigenvalue weighted by atomic mass is 19.1. The molecule has 3 atom stereocenters. The van der Waals surface area contributed by atoms with E-state index in [9.17, 15) is 9.18 Å². The van der Waals surface area contributed by atoms with Gasteiger partial charge in [-0.2, -0.15) is 0 Å². The molecule has 7 heteroatoms. The number of carbonyl (C=O) groups excluding carboxylic acids is 1. The molecular weight excluding hydrogens is 433 g/mol. The number of methoxy groups -OCH3 is 1. The van der Waals surface area contributed by atoms with Crippen molar-refractivity contribution in [1.29, 1.82) is 0 Å². The zero-order valence-corrected chi connectivity index (χ0v) is 21.2. The standard InChI is InChI=1S/C27H38FN3O3/c1-17-22(24(32)29-25-26(2,3)18-6-7-27(25,4)16-18)20-14-19(28)15-21(33-5)23(20)31(17)9-8-30-10-12-34-13-11-30/h14-15,18,25H,6-13,16H2,1-5H3,(H,29,32)/t18-,25-,27+/m1/s1. The topological polar surface area (TPSA) is 55.7 Å². The lowest BCUT2D eigenvalue weighted by Crippen LogP contribution is -2.52. The van der Waals surface area contributed by atoms with Crippen LogP contribution >= 0.6 is 0 Å². The second-order valence-electron chi connectivity index (χ2n) is 11.4. The van der Waals surface area contributed by atoms with Crippen LogP contribution in [-0.4, -0.2) is 61.4 Å². The lowest BCUT2D eigenvalue weighted by Gasteiger charge is -2.43. The van der Waals surface area contributed by atoms with Crippen LogP contribution in [0.1, 0.15) is 56.1 Å². The lowest BCUT2D eigenvalue weighted by molar-refractivity contribution is 0.0364. The molecule has 2 saturated carbocycles. The second-order valence-corrected chi connectivity index (χ2v) is 11.4. The summed E-state index contributed by atoms with van der Waals surface area (Å²) in [6.45, 7) is 13.7. The van der Waals surface area contributed by atoms with Crippen LogP contribution in [0.4, 0.5) is 4.39 Å². The highest BCUT2D eigenvalue weighted by Crippen LogP contribution is 2.62. The van der Waals surface area contributed by atoms with Gasteiger partial charge in [-0.15, -0.1) is 0 Å². The first-order valence-electron chi connectivity index (χ1n) is 12.6. The van der Waals surface area contributed by atoms with Crippen molar-refractivity contribution >= 4 is 16.8 Å². The molecule has 2 aromatic rings. The summed E-state index contributed by atoms with van der Waals surface area (Å²) in [6, 6.07) is 3.00. The minimum Gasteiger partial charge on any atom is -0.494 e. The van der Waals surface area contributed by atoms with Crippen molar-refractivity contribution in [3.8, 4) is 5.75 Å². The summed E-state index contributed by atoms with van der Waals surface area (Å²) in [6.07, 6.45) is 3.54. The Bertz CT molecular complexity index is 1100. The summed E-state index contributed by atoms with van der Waals surface area (Å²) >= 11 is 0. The van der Waals surface area contributed by atoms with E-state index in [-0.39, 0.29) is 22.8 Å². The zero-order chi connectivity index (χ0) is 24.3. The van der Waals surface area contributed by atoms with Crippen molar-refractivity contribution < 1.29 is 18.7 Å². The molecular formula is C27H38FN3O3. The number of benzene rings is 1. The van der Waals surface area contributed by atoms with Crippen molar-refractivity contribution in [2.24, 2.45) is 16.7 Å². The van der Waals surface area contributed by atoms with E-state index in [2.05, 4.69) is 35.6 Å². The third kappa shape index (κ3) is 3.72. The van der Waals surface area contributed by atoms with Crippen molar-refractivity contribution in [2.75, 3.05) is 40.0 Å². The Morgan fingerprint density at radius 3 is 2.62 bits per heavy atom. The average Bonchev–Trinajstić information content (AvgIpc) is 3.39. The molecule has 34 heavy (non-hydrogen) atoms. The summed E-state index contributed by atoms with van der Waals surface area (Å²) < 4.78 is 27.8. The molecule has 1 amide bonds. The van der Waals surface area contributed by atoms with Crippen LogP contribution in [0.2, 0.25) is 0 Å². The van der Waals surface area contributed by atoms with Gasteiger partial charge in [0.1, 0.15) is 11.6 Å². The summed E-state index contributed by atoms with van der Waals surface area (Å²) in [4.78, 5) is 16.2. The van der Waals surface area contributed by atoms with Gasteiger partial charge in [0.15, 0.2) is 0 Å². The SMILES string of the molecule is COc1cc(F)cc2c(C(=O)N[C@@H]3C(C)(C)[C@@H]4CC[C@@]3(C)C4)c(C)n(CCN3CCOCC3)c12. The van der Waals surface area contributed by atoms with E-state index in [0.29, 0.717) is 29.2 Å². The fourth-order valence-electron chi connectivity index (χ4n) is 7.19. The van der Waals surface area contributed by atoms with E-state index < -0.39 is 5.82 Å². The van der Waals surface area contributed by atoms with Crippen LogP contribution in [0.3, 0.4) is 0 Å². The number of morpholine rings is 1. The molecule has 0 radical (unpaired) electrons. The summed E-state index contributed by atoms with van der Waals surface area (Å²) in [5, 5.41) is 4.05. The summed E-state index contributed by atoms with van der Waals surface area (Å²) in [7, 11) is 1.56. The third-order valence-electron chi connectivity index (χ3n) is 9.08. The van der Waals surface area contributed by atoms with Gasteiger partial charge in [-0.1, -0.05) is 20.8 Å². The average molecular weight is 472 g/mol. The Morgan fingerprint density at radius 2 is 1.97 bits per heavy atom. The largest absolute Gasteiger partial charge is 0.494 e. The highest BCUT2D eigenvalue weighted by molar-refractivity contribution is 6.10. The first-order valence-corrected chi connectivity index (χ1v) is 12.6. The van der Waals surface area contributed by atoms with Gasteiger partial charge in [-0.3, -0.25) is 9.69 Å². The molecule has 1 N–H and O–H groups in total. The van der Waals surface area contributed by atoms with E-state index in [1.807, 2.05) is 6.92 Å². The van der Waals surface area contributed by atoms with E-state index in [1.54, 1.807) is 7.11 Å². The Balaban J connectivity index is 1.52. The summed E-state index contributed by atoms with van der Waals surface area (Å²) in [5.74, 6) is 0.603. The van der Waals surface area contributed by atoms with Crippen molar-refractivity contribution in [3.63, 3.8) is 0 Å². The molecule has 1 aliphatic heterocycles. The molecule has 1 saturated heterocycles. The molecule has 5 rings (SSSR count). The van der Waals surface area contributed by atoms with Gasteiger partial charge in [0.25, 0.3) is 5.91 Å². The number of ether oxygens (including phenoxy) is 2. The van der Waals surface area contributed by atoms with Crippen molar-refractivity contribution in [2.45, 2.75) is 59.5 Å². The molecule has 186 valence electrons. The fraction of sp³-hybridized carbons (Fsp3) is 0.667. The molecule has 2 heterocycles. The number of nitrogens with zero attached hydrogens (tertiary/aromatic N) is 2. The van der Waals surface area contributed by atoms with E-state index in [0.717, 1.165) is 56.9 Å². The zero-order valence-electron chi connectivity index (χ0n) is 21.2. The number of amides is 1. The van der Waals surface area contributed by atoms with Gasteiger partial charge in [-0.05, 0) is 49.0 Å². The van der Waals surface area contributed by atoms with Gasteiger partial charge in [0.05, 0.1) is 31.4 Å². The maximum absolute atomic E-state index is 14.6. The second kappa shape index (κ2) is 8.52. The Labute approximate surface area is 201 Å². The lowest BCUT2D eigenvalue weighted by atomic mass is 9.68. The molecule has 2 bridgehead atoms. The molecule has 0 unspecified atom stereocenters. The number of carbonyl (C=O) groups is 1. The number of fused-ring (bicyclic) bond motifs is 3. The number of hydrogen-bond acceptors (Lipinski definition) is 4. The van der Waals surface area contributed by atoms with Gasteiger partial charge < -0.3 is 19.4 Å². The maximum Gasteiger partial charge on any atom is 0.253 e. The minimum absolute atomic E-state index is 0.0498. The molecule has 1 aromatic heterocycles. The Hall–Kier alpha value is -2.12. The predicted octanol–water partition coefficient (Wildman–Crippen LogP) is 4.37. The number of halogens is 1. The first-order chi connectivity index (χ1) is 16.2. The van der Waals surface area contributed by atoms with Gasteiger partial charge in [-0.25, -0.2) is 4.39 Å². The highest BCUT2D eigenvalue weighted by Gasteiger charge is 2.59. The van der Waals surface area contributed by atoms with Crippen LogP contribution in [-0.2, 0) is 11.3 Å². The monoisotopic (exact) mass is 471 g/mol. The smallest absolute Gasteiger partial charge is 0.253 e. The van der Waals surface area contributed by atoms with Crippen molar-refractivity contribution in [1.82, 2.24) is 14.8 Å². The van der Waals surface area contributed by atoms with E-state index in [4.69, 9.17) is 9.47 Å². The van der Waals surface area contributed by atoms with Crippen LogP contribution < -0.4 is 10.1 Å². The molecule has 6 nitrogen and oxygen atoms in total. The van der Waals surface area contributed by atoms with Crippen LogP contribution in [0.25, 0.3) is 10.9 Å². The Morgan fingerprint density at radius 1 is 1.24 bits per heavy atom. The van der Waals surface area contributed by atoms with E-state index >= 15 is 0 Å². The molecule has 2 aliphatic carbocycles. The normalized spacial score (nSPS) is 28.5. The van der Waals surface area contributed by atoms with Gasteiger partial charge in [0.2, 0.25) is 0 Å². The minimum atomic E-state index is -0.393. The number of aromatic nitrogens is 1. The molecule has 3 aliphatic rings. The summed E-state index contributed by atoms with van der Waals surface area (Å²) in [5.41, 5.74) is 2.38. The van der Waals surface area contributed by atoms with Crippen LogP contribution in [0, 0.1) is 29.5 Å². The maximum atomic E-state index is 14.6. The number of nitrogens with one attached hydrogen (secondary N) is 1. The van der Waals surface area contributed by atoms with Crippen molar-refractivity contribution in [3.05, 3.63) is 29.2 Å². The van der Waals surface area contributed by atoms with Crippen LogP contribution in [0.5, 0.6) is 5.75 Å².